The van der Waals surface area contributed by atoms with Gasteiger partial charge in [-0.3, -0.25) is 9.35 Å². The molecule has 1 aliphatic heterocycles. The standard InChI is InChI=1S/C21H26O2.C18H22O5S.C4H10N2/c1-4-21(22)12-10-19-18-7-5-14-13-15(23-3)6-8-16(14)17(18)9-11-20(19,21)2;1-18-9-8-14-13-5-3-12(23-24(20,21)22)10-11(13)2-4-15(14)16(18)6-7-17(18)19;1-2-6-4-3-5-1/h1,6,8,13,17-19,22H,5,7,9-12H2,2-3H3;3,5,10,14-16H,2,4,6-9H2,1H3,(H,20,21,22);5-6H,1-4H2/t17-,18-,19+,20+,21+;14-,15-,16+,18+;/m11./s1. The van der Waals surface area contributed by atoms with Crippen molar-refractivity contribution in [3.05, 3.63) is 58.7 Å². The van der Waals surface area contributed by atoms with Crippen LogP contribution in [0.4, 0.5) is 0 Å². The van der Waals surface area contributed by atoms with Crippen molar-refractivity contribution in [3.63, 3.8) is 0 Å². The third-order valence-corrected chi connectivity index (χ3v) is 15.3. The quantitative estimate of drug-likeness (QED) is 0.208. The first kappa shape index (κ1) is 38.3. The van der Waals surface area contributed by atoms with Crippen LogP contribution >= 0.6 is 0 Å². The van der Waals surface area contributed by atoms with Gasteiger partial charge < -0.3 is 24.7 Å². The van der Waals surface area contributed by atoms with Gasteiger partial charge in [0, 0.05) is 43.4 Å². The third kappa shape index (κ3) is 7.17. The summed E-state index contributed by atoms with van der Waals surface area (Å²) in [6.45, 7) is 8.95. The van der Waals surface area contributed by atoms with Crippen molar-refractivity contribution in [1.82, 2.24) is 10.6 Å². The molecule has 4 saturated carbocycles. The van der Waals surface area contributed by atoms with Crippen molar-refractivity contribution in [1.29, 1.82) is 0 Å². The van der Waals surface area contributed by atoms with Gasteiger partial charge in [0.15, 0.2) is 0 Å². The summed E-state index contributed by atoms with van der Waals surface area (Å²) >= 11 is 0. The van der Waals surface area contributed by atoms with Gasteiger partial charge in [-0.15, -0.1) is 6.42 Å². The maximum atomic E-state index is 12.3. The Kier molecular flexibility index (Phi) is 10.8. The number of aliphatic hydroxyl groups is 1. The Morgan fingerprint density at radius 2 is 1.34 bits per heavy atom. The Morgan fingerprint density at radius 1 is 0.774 bits per heavy atom. The van der Waals surface area contributed by atoms with E-state index >= 15 is 0 Å². The molecule has 9 rings (SSSR count). The highest BCUT2D eigenvalue weighted by Gasteiger charge is 2.61. The highest BCUT2D eigenvalue weighted by Crippen LogP contribution is 2.64. The number of hydrogen-bond acceptors (Lipinski definition) is 8. The summed E-state index contributed by atoms with van der Waals surface area (Å²) in [5.74, 6) is 7.61. The first-order valence-electron chi connectivity index (χ1n) is 19.9. The lowest BCUT2D eigenvalue weighted by Gasteiger charge is -2.52. The van der Waals surface area contributed by atoms with Gasteiger partial charge in [-0.05, 0) is 153 Å². The number of fused-ring (bicyclic) bond motifs is 10. The predicted molar refractivity (Wildman–Crippen MR) is 205 cm³/mol. The molecule has 7 aliphatic rings. The van der Waals surface area contributed by atoms with Crippen LogP contribution < -0.4 is 19.6 Å². The minimum absolute atomic E-state index is 0.104. The van der Waals surface area contributed by atoms with Gasteiger partial charge >= 0.3 is 10.4 Å². The summed E-state index contributed by atoms with van der Waals surface area (Å²) in [5, 5.41) is 17.4. The van der Waals surface area contributed by atoms with Gasteiger partial charge in [-0.25, -0.2) is 0 Å². The molecule has 0 amide bonds. The summed E-state index contributed by atoms with van der Waals surface area (Å²) in [6, 6.07) is 11.9. The average Bonchev–Trinajstić information content (AvgIpc) is 3.62. The topological polar surface area (TPSA) is 134 Å². The molecule has 4 N–H and O–H groups in total. The maximum Gasteiger partial charge on any atom is 0.446 e. The van der Waals surface area contributed by atoms with Gasteiger partial charge in [0.1, 0.15) is 22.9 Å². The molecule has 1 heterocycles. The van der Waals surface area contributed by atoms with Crippen molar-refractivity contribution < 1.29 is 31.8 Å². The van der Waals surface area contributed by atoms with E-state index < -0.39 is 16.0 Å². The largest absolute Gasteiger partial charge is 0.497 e. The molecule has 0 spiro atoms. The van der Waals surface area contributed by atoms with Crippen molar-refractivity contribution in [2.75, 3.05) is 33.3 Å². The molecule has 0 bridgehead atoms. The normalized spacial score (nSPS) is 36.6. The number of aryl methyl sites for hydroxylation is 2. The van der Waals surface area contributed by atoms with E-state index in [0.717, 1.165) is 108 Å². The third-order valence-electron chi connectivity index (χ3n) is 14.9. The summed E-state index contributed by atoms with van der Waals surface area (Å²) in [5.41, 5.74) is 4.20. The van der Waals surface area contributed by atoms with E-state index in [1.54, 1.807) is 19.2 Å². The summed E-state index contributed by atoms with van der Waals surface area (Å²) in [6.07, 6.45) is 17.6. The maximum absolute atomic E-state index is 12.3. The van der Waals surface area contributed by atoms with E-state index in [1.165, 1.54) is 23.1 Å². The van der Waals surface area contributed by atoms with Gasteiger partial charge in [-0.2, -0.15) is 8.42 Å². The number of piperazine rings is 1. The number of hydrogen-bond donors (Lipinski definition) is 4. The van der Waals surface area contributed by atoms with E-state index in [2.05, 4.69) is 52.8 Å². The van der Waals surface area contributed by atoms with Crippen LogP contribution in [0, 0.1) is 46.8 Å². The van der Waals surface area contributed by atoms with Crippen LogP contribution in [0.3, 0.4) is 0 Å². The van der Waals surface area contributed by atoms with Crippen LogP contribution in [0.25, 0.3) is 0 Å². The van der Waals surface area contributed by atoms with Crippen molar-refractivity contribution in [2.24, 2.45) is 34.5 Å². The monoisotopic (exact) mass is 746 g/mol. The van der Waals surface area contributed by atoms with Gasteiger partial charge in [-0.1, -0.05) is 31.9 Å². The lowest BCUT2D eigenvalue weighted by atomic mass is 9.53. The predicted octanol–water partition coefficient (Wildman–Crippen LogP) is 6.39. The molecule has 0 radical (unpaired) electrons. The molecule has 288 valence electrons. The average molecular weight is 747 g/mol. The number of rotatable bonds is 3. The Hall–Kier alpha value is -2.94. The molecular formula is C43H58N2O7S. The fraction of sp³-hybridized carbons (Fsp3) is 0.651. The van der Waals surface area contributed by atoms with E-state index in [-0.39, 0.29) is 16.6 Å². The fourth-order valence-electron chi connectivity index (χ4n) is 12.0. The number of carbonyl (C=O) groups is 1. The first-order valence-corrected chi connectivity index (χ1v) is 21.3. The van der Waals surface area contributed by atoms with E-state index in [9.17, 15) is 18.3 Å². The summed E-state index contributed by atoms with van der Waals surface area (Å²) < 4.78 is 40.6. The second-order valence-electron chi connectivity index (χ2n) is 17.2. The zero-order valence-corrected chi connectivity index (χ0v) is 32.5. The molecule has 2 aromatic rings. The van der Waals surface area contributed by atoms with Gasteiger partial charge in [0.25, 0.3) is 0 Å². The minimum atomic E-state index is -4.49. The summed E-state index contributed by atoms with van der Waals surface area (Å²) in [7, 11) is -2.76. The molecular weight excluding hydrogens is 689 g/mol. The van der Waals surface area contributed by atoms with Crippen LogP contribution in [0.1, 0.15) is 112 Å². The molecule has 0 aromatic heterocycles. The SMILES string of the molecule is C#C[C@]1(O)CC[C@H]2[C@@H]3CCc4cc(OC)ccc4[C@H]3CC[C@@]21C.C1CNCCN1.C[C@]12CC[C@@H]3c4ccc(OS(=O)(=O)O)cc4CC[C@H]3[C@@H]1CCC2=O. The highest BCUT2D eigenvalue weighted by atomic mass is 32.3. The molecule has 2 aromatic carbocycles. The minimum Gasteiger partial charge on any atom is -0.497 e. The van der Waals surface area contributed by atoms with Crippen molar-refractivity contribution in [2.45, 2.75) is 108 Å². The fourth-order valence-corrected chi connectivity index (χ4v) is 12.4. The molecule has 53 heavy (non-hydrogen) atoms. The van der Waals surface area contributed by atoms with Crippen LogP contribution in [-0.4, -0.2) is 62.8 Å². The van der Waals surface area contributed by atoms with E-state index in [4.69, 9.17) is 15.7 Å². The number of benzene rings is 2. The Labute approximate surface area is 316 Å². The number of Topliss-reactive ketones (excluding diaryl/α,β-unsaturated/α-hetero) is 1. The molecule has 0 unspecified atom stereocenters. The summed E-state index contributed by atoms with van der Waals surface area (Å²) in [4.78, 5) is 12.3. The second-order valence-corrected chi connectivity index (χ2v) is 18.2. The number of ether oxygens (including phenoxy) is 1. The van der Waals surface area contributed by atoms with Gasteiger partial charge in [0.2, 0.25) is 0 Å². The number of carbonyl (C=O) groups excluding carboxylic acids is 1. The molecule has 10 heteroatoms. The lowest BCUT2D eigenvalue weighted by molar-refractivity contribution is -0.129. The Morgan fingerprint density at radius 3 is 1.91 bits per heavy atom. The Bertz CT molecular complexity index is 1830. The van der Waals surface area contributed by atoms with Crippen molar-refractivity contribution >= 4 is 16.2 Å². The zero-order valence-electron chi connectivity index (χ0n) is 31.7. The Balaban J connectivity index is 0.000000142. The van der Waals surface area contributed by atoms with E-state index in [1.807, 2.05) is 6.07 Å². The molecule has 5 fully saturated rings. The number of terminal acetylenes is 1. The number of methoxy groups -OCH3 is 1. The first-order chi connectivity index (χ1) is 25.3. The number of nitrogens with one attached hydrogen (secondary N) is 2. The lowest BCUT2D eigenvalue weighted by Crippen LogP contribution is -2.50. The zero-order chi connectivity index (χ0) is 37.6. The molecule has 1 saturated heterocycles. The number of ketones is 1. The van der Waals surface area contributed by atoms with Crippen LogP contribution in [0.5, 0.6) is 11.5 Å². The highest BCUT2D eigenvalue weighted by molar-refractivity contribution is 7.81. The van der Waals surface area contributed by atoms with Crippen LogP contribution in [0.2, 0.25) is 0 Å². The molecule has 9 nitrogen and oxygen atoms in total. The van der Waals surface area contributed by atoms with Crippen molar-refractivity contribution in [3.8, 4) is 23.8 Å². The smallest absolute Gasteiger partial charge is 0.446 e. The molecule has 9 atom stereocenters. The van der Waals surface area contributed by atoms with Gasteiger partial charge in [0.05, 0.1) is 7.11 Å². The van der Waals surface area contributed by atoms with Crippen LogP contribution in [-0.2, 0) is 28.0 Å². The van der Waals surface area contributed by atoms with E-state index in [0.29, 0.717) is 41.3 Å². The van der Waals surface area contributed by atoms with Crippen LogP contribution in [0.15, 0.2) is 36.4 Å². The molecule has 6 aliphatic carbocycles. The second kappa shape index (κ2) is 15.0.